The van der Waals surface area contributed by atoms with Gasteiger partial charge < -0.3 is 9.47 Å². The second-order valence-electron chi connectivity index (χ2n) is 6.56. The monoisotopic (exact) mass is 360 g/mol. The lowest BCUT2D eigenvalue weighted by Crippen LogP contribution is -2.31. The van der Waals surface area contributed by atoms with Crippen molar-refractivity contribution in [2.75, 3.05) is 11.4 Å². The lowest BCUT2D eigenvalue weighted by Gasteiger charge is -2.21. The number of pyridine rings is 1. The first-order valence-electron chi connectivity index (χ1n) is 8.86. The number of benzene rings is 1. The maximum Gasteiger partial charge on any atom is 0.274 e. The normalized spacial score (nSPS) is 11.2. The molecule has 27 heavy (non-hydrogen) atoms. The Bertz CT molecular complexity index is 1220. The number of amides is 1. The molecule has 6 heteroatoms. The Balaban J connectivity index is 1.91. The highest BCUT2D eigenvalue weighted by molar-refractivity contribution is 6.07. The molecule has 0 bridgehead atoms. The number of nitrogens with zero attached hydrogens (tertiary/aromatic N) is 4. The van der Waals surface area contributed by atoms with Crippen LogP contribution in [-0.4, -0.2) is 26.4 Å². The summed E-state index contributed by atoms with van der Waals surface area (Å²) in [6.45, 7) is 4.38. The molecule has 4 rings (SSSR count). The van der Waals surface area contributed by atoms with E-state index in [1.165, 1.54) is 4.40 Å². The average Bonchev–Trinajstić information content (AvgIpc) is 3.01. The summed E-state index contributed by atoms with van der Waals surface area (Å²) in [4.78, 5) is 32.4. The van der Waals surface area contributed by atoms with Gasteiger partial charge in [0.25, 0.3) is 11.5 Å². The molecule has 0 fully saturated rings. The number of anilines is 1. The zero-order valence-corrected chi connectivity index (χ0v) is 15.5. The van der Waals surface area contributed by atoms with Gasteiger partial charge in [0.2, 0.25) is 0 Å². The van der Waals surface area contributed by atoms with Crippen molar-refractivity contribution in [2.45, 2.75) is 13.8 Å². The van der Waals surface area contributed by atoms with Crippen molar-refractivity contribution in [3.63, 3.8) is 0 Å². The number of hydrogen-bond donors (Lipinski definition) is 0. The van der Waals surface area contributed by atoms with E-state index >= 15 is 0 Å². The van der Waals surface area contributed by atoms with Gasteiger partial charge in [-0.2, -0.15) is 0 Å². The van der Waals surface area contributed by atoms with E-state index in [2.05, 4.69) is 4.98 Å². The van der Waals surface area contributed by atoms with Crippen LogP contribution < -0.4 is 10.5 Å². The Kier molecular flexibility index (Phi) is 4.03. The molecule has 0 saturated heterocycles. The predicted molar refractivity (Wildman–Crippen MR) is 106 cm³/mol. The molecule has 0 aliphatic carbocycles. The van der Waals surface area contributed by atoms with Gasteiger partial charge in [-0.25, -0.2) is 4.98 Å². The minimum atomic E-state index is -0.170. The van der Waals surface area contributed by atoms with Crippen molar-refractivity contribution in [2.24, 2.45) is 7.05 Å². The van der Waals surface area contributed by atoms with Crippen LogP contribution in [0.4, 0.5) is 5.69 Å². The number of carbonyl (C=O) groups excluding carboxylic acids is 1. The Hall–Kier alpha value is -3.41. The van der Waals surface area contributed by atoms with Crippen LogP contribution in [-0.2, 0) is 7.05 Å². The van der Waals surface area contributed by atoms with Gasteiger partial charge in [0.05, 0.1) is 5.39 Å². The smallest absolute Gasteiger partial charge is 0.274 e. The van der Waals surface area contributed by atoms with Crippen molar-refractivity contribution in [3.05, 3.63) is 76.3 Å². The molecule has 0 saturated carbocycles. The summed E-state index contributed by atoms with van der Waals surface area (Å²) in [5.41, 5.74) is 3.13. The van der Waals surface area contributed by atoms with E-state index in [1.54, 1.807) is 28.8 Å². The lowest BCUT2D eigenvalue weighted by molar-refractivity contribution is 0.0981. The average molecular weight is 360 g/mol. The first kappa shape index (κ1) is 17.0. The number of carbonyl (C=O) groups is 1. The standard InChI is InChI=1S/C21H20N4O2/c1-4-24(15-8-6-5-7-9-15)21(27)17-12-16-19(23(17)3)22-18-11-10-14(2)13-25(18)20(16)26/h5-13H,4H2,1-3H3. The SMILES string of the molecule is CCN(C(=O)c1cc2c(=O)n3cc(C)ccc3nc2n1C)c1ccccc1. The molecule has 3 heterocycles. The Labute approximate surface area is 156 Å². The van der Waals surface area contributed by atoms with Gasteiger partial charge >= 0.3 is 0 Å². The van der Waals surface area contributed by atoms with Gasteiger partial charge in [-0.15, -0.1) is 0 Å². The van der Waals surface area contributed by atoms with Crippen LogP contribution in [0.1, 0.15) is 23.0 Å². The Morgan fingerprint density at radius 3 is 2.59 bits per heavy atom. The Morgan fingerprint density at radius 2 is 1.89 bits per heavy atom. The van der Waals surface area contributed by atoms with Gasteiger partial charge in [-0.05, 0) is 43.7 Å². The minimum Gasteiger partial charge on any atom is -0.324 e. The van der Waals surface area contributed by atoms with Gasteiger partial charge in [-0.3, -0.25) is 14.0 Å². The summed E-state index contributed by atoms with van der Waals surface area (Å²) in [6.07, 6.45) is 1.76. The van der Waals surface area contributed by atoms with Crippen LogP contribution in [0.25, 0.3) is 16.7 Å². The van der Waals surface area contributed by atoms with Crippen molar-refractivity contribution < 1.29 is 4.79 Å². The second kappa shape index (κ2) is 6.39. The number of para-hydroxylation sites is 1. The molecular weight excluding hydrogens is 340 g/mol. The Morgan fingerprint density at radius 1 is 1.15 bits per heavy atom. The summed E-state index contributed by atoms with van der Waals surface area (Å²) < 4.78 is 3.23. The molecule has 3 aromatic heterocycles. The van der Waals surface area contributed by atoms with E-state index < -0.39 is 0 Å². The number of aromatic nitrogens is 3. The molecule has 0 atom stereocenters. The van der Waals surface area contributed by atoms with Crippen LogP contribution in [0.2, 0.25) is 0 Å². The van der Waals surface area contributed by atoms with Crippen LogP contribution in [0.15, 0.2) is 59.5 Å². The van der Waals surface area contributed by atoms with Gasteiger partial charge in [0.15, 0.2) is 0 Å². The van der Waals surface area contributed by atoms with Crippen LogP contribution in [0, 0.1) is 6.92 Å². The van der Waals surface area contributed by atoms with E-state index in [9.17, 15) is 9.59 Å². The van der Waals surface area contributed by atoms with Crippen LogP contribution in [0.5, 0.6) is 0 Å². The maximum absolute atomic E-state index is 13.2. The lowest BCUT2D eigenvalue weighted by atomic mass is 10.2. The van der Waals surface area contributed by atoms with Crippen molar-refractivity contribution in [1.82, 2.24) is 14.0 Å². The first-order valence-corrected chi connectivity index (χ1v) is 8.86. The third kappa shape index (κ3) is 2.70. The fraction of sp³-hybridized carbons (Fsp3) is 0.190. The number of aryl methyl sites for hydroxylation is 2. The quantitative estimate of drug-likeness (QED) is 0.564. The van der Waals surface area contributed by atoms with Crippen molar-refractivity contribution in [3.8, 4) is 0 Å². The fourth-order valence-corrected chi connectivity index (χ4v) is 3.37. The maximum atomic E-state index is 13.2. The van der Waals surface area contributed by atoms with E-state index in [4.69, 9.17) is 0 Å². The molecule has 6 nitrogen and oxygen atoms in total. The topological polar surface area (TPSA) is 59.6 Å². The molecule has 4 aromatic rings. The molecule has 0 radical (unpaired) electrons. The summed E-state index contributed by atoms with van der Waals surface area (Å²) >= 11 is 0. The highest BCUT2D eigenvalue weighted by atomic mass is 16.2. The van der Waals surface area contributed by atoms with E-state index in [-0.39, 0.29) is 11.5 Å². The molecule has 0 N–H and O–H groups in total. The molecular formula is C21H20N4O2. The summed E-state index contributed by atoms with van der Waals surface area (Å²) in [5.74, 6) is -0.158. The zero-order valence-electron chi connectivity index (χ0n) is 15.5. The minimum absolute atomic E-state index is 0.158. The van der Waals surface area contributed by atoms with E-state index in [0.717, 1.165) is 11.3 Å². The van der Waals surface area contributed by atoms with Crippen LogP contribution in [0.3, 0.4) is 0 Å². The van der Waals surface area contributed by atoms with Crippen molar-refractivity contribution in [1.29, 1.82) is 0 Å². The van der Waals surface area contributed by atoms with Gasteiger partial charge in [-0.1, -0.05) is 24.3 Å². The second-order valence-corrected chi connectivity index (χ2v) is 6.56. The van der Waals surface area contributed by atoms with Crippen molar-refractivity contribution >= 4 is 28.3 Å². The first-order chi connectivity index (χ1) is 13.0. The number of rotatable bonds is 3. The van der Waals surface area contributed by atoms with E-state index in [0.29, 0.717) is 28.9 Å². The summed E-state index contributed by atoms with van der Waals surface area (Å²) in [7, 11) is 1.77. The van der Waals surface area contributed by atoms with Crippen LogP contribution >= 0.6 is 0 Å². The summed E-state index contributed by atoms with van der Waals surface area (Å²) in [6, 6.07) is 14.9. The van der Waals surface area contributed by atoms with E-state index in [1.807, 2.05) is 56.3 Å². The number of hydrogen-bond acceptors (Lipinski definition) is 3. The molecule has 136 valence electrons. The third-order valence-electron chi connectivity index (χ3n) is 4.79. The predicted octanol–water partition coefficient (Wildman–Crippen LogP) is 3.16. The van der Waals surface area contributed by atoms with Gasteiger partial charge in [0.1, 0.15) is 17.0 Å². The fourth-order valence-electron chi connectivity index (χ4n) is 3.37. The molecule has 1 aromatic carbocycles. The molecule has 0 unspecified atom stereocenters. The molecule has 0 aliphatic heterocycles. The molecule has 0 spiro atoms. The highest BCUT2D eigenvalue weighted by Crippen LogP contribution is 2.20. The highest BCUT2D eigenvalue weighted by Gasteiger charge is 2.22. The zero-order chi connectivity index (χ0) is 19.1. The molecule has 1 amide bonds. The third-order valence-corrected chi connectivity index (χ3v) is 4.79. The number of fused-ring (bicyclic) bond motifs is 2. The van der Waals surface area contributed by atoms with Gasteiger partial charge in [0, 0.05) is 25.5 Å². The summed E-state index contributed by atoms with van der Waals surface area (Å²) in [5, 5.41) is 0.438. The molecule has 0 aliphatic rings. The largest absolute Gasteiger partial charge is 0.324 e.